The second-order valence-electron chi connectivity index (χ2n) is 8.51. The Balaban J connectivity index is 1.81. The first-order valence-corrected chi connectivity index (χ1v) is 13.9. The summed E-state index contributed by atoms with van der Waals surface area (Å²) in [5.74, 6) is 0. The molecule has 0 fully saturated rings. The molecule has 0 N–H and O–H groups in total. The summed E-state index contributed by atoms with van der Waals surface area (Å²) in [5.41, 5.74) is 11.2. The Morgan fingerprint density at radius 3 is 0.758 bits per heavy atom. The van der Waals surface area contributed by atoms with Crippen LogP contribution in [-0.2, 0) is 0 Å². The monoisotopic (exact) mass is 624 g/mol. The maximum Gasteiger partial charge on any atom is 0.0367 e. The van der Waals surface area contributed by atoms with Crippen molar-refractivity contribution < 1.29 is 0 Å². The molecule has 3 heteroatoms. The quantitative estimate of drug-likeness (QED) is 0.187. The zero-order chi connectivity index (χ0) is 23.5. The minimum atomic E-state index is 0.346. The van der Waals surface area contributed by atoms with E-state index >= 15 is 0 Å². The van der Waals surface area contributed by atoms with Gasteiger partial charge in [-0.05, 0) is 89.0 Å². The fourth-order valence-electron chi connectivity index (χ4n) is 3.95. The van der Waals surface area contributed by atoms with Crippen LogP contribution in [0.5, 0.6) is 0 Å². The number of alkyl halides is 3. The van der Waals surface area contributed by atoms with Crippen LogP contribution in [0.15, 0.2) is 91.0 Å². The van der Waals surface area contributed by atoms with Gasteiger partial charge in [-0.2, -0.15) is 0 Å². The van der Waals surface area contributed by atoms with Crippen molar-refractivity contribution in [1.82, 2.24) is 0 Å². The summed E-state index contributed by atoms with van der Waals surface area (Å²) in [5, 5.41) is 0. The van der Waals surface area contributed by atoms with Gasteiger partial charge in [0.1, 0.15) is 0 Å². The van der Waals surface area contributed by atoms with E-state index in [4.69, 9.17) is 0 Å². The number of rotatable bonds is 6. The van der Waals surface area contributed by atoms with Gasteiger partial charge < -0.3 is 0 Å². The zero-order valence-corrected chi connectivity index (χ0v) is 23.8. The molecule has 3 unspecified atom stereocenters. The zero-order valence-electron chi connectivity index (χ0n) is 19.0. The molecule has 168 valence electrons. The molecule has 0 spiro atoms. The van der Waals surface area contributed by atoms with E-state index in [2.05, 4.69) is 160 Å². The molecule has 0 nitrogen and oxygen atoms in total. The minimum absolute atomic E-state index is 0.346. The molecule has 4 aromatic rings. The van der Waals surface area contributed by atoms with Crippen LogP contribution in [-0.4, -0.2) is 0 Å². The van der Waals surface area contributed by atoms with E-state index in [1.807, 2.05) is 0 Å². The van der Waals surface area contributed by atoms with Crippen molar-refractivity contribution in [1.29, 1.82) is 0 Å². The lowest BCUT2D eigenvalue weighted by Gasteiger charge is -2.13. The van der Waals surface area contributed by atoms with Crippen LogP contribution >= 0.6 is 47.8 Å². The molecule has 4 rings (SSSR count). The van der Waals surface area contributed by atoms with Crippen molar-refractivity contribution in [3.63, 3.8) is 0 Å². The molecule has 0 aliphatic rings. The van der Waals surface area contributed by atoms with Crippen LogP contribution in [0.4, 0.5) is 0 Å². The van der Waals surface area contributed by atoms with Crippen LogP contribution < -0.4 is 0 Å². The van der Waals surface area contributed by atoms with Gasteiger partial charge in [0.15, 0.2) is 0 Å². The van der Waals surface area contributed by atoms with Crippen molar-refractivity contribution in [3.8, 4) is 33.4 Å². The van der Waals surface area contributed by atoms with E-state index < -0.39 is 0 Å². The Hall–Kier alpha value is -1.68. The Morgan fingerprint density at radius 2 is 0.576 bits per heavy atom. The van der Waals surface area contributed by atoms with E-state index in [-0.39, 0.29) is 0 Å². The molecular weight excluding hydrogens is 600 g/mol. The first kappa shape index (κ1) is 24.4. The second kappa shape index (κ2) is 10.7. The molecule has 0 amide bonds. The summed E-state index contributed by atoms with van der Waals surface area (Å²) in [6.45, 7) is 6.47. The molecule has 0 radical (unpaired) electrons. The predicted octanol–water partition coefficient (Wildman–Crippen LogP) is 11.1. The van der Waals surface area contributed by atoms with Gasteiger partial charge in [-0.1, -0.05) is 121 Å². The van der Waals surface area contributed by atoms with Gasteiger partial charge in [0.2, 0.25) is 0 Å². The highest BCUT2D eigenvalue weighted by molar-refractivity contribution is 9.09. The minimum Gasteiger partial charge on any atom is -0.0842 e. The first-order valence-electron chi connectivity index (χ1n) is 11.2. The van der Waals surface area contributed by atoms with Crippen molar-refractivity contribution in [2.24, 2.45) is 0 Å². The van der Waals surface area contributed by atoms with E-state index in [0.29, 0.717) is 14.5 Å². The highest BCUT2D eigenvalue weighted by atomic mass is 79.9. The summed E-state index contributed by atoms with van der Waals surface area (Å²) in [4.78, 5) is 1.04. The fraction of sp³-hybridized carbons (Fsp3) is 0.200. The molecule has 0 saturated heterocycles. The van der Waals surface area contributed by atoms with Gasteiger partial charge in [0.25, 0.3) is 0 Å². The van der Waals surface area contributed by atoms with Crippen LogP contribution in [0.3, 0.4) is 0 Å². The van der Waals surface area contributed by atoms with Gasteiger partial charge in [-0.25, -0.2) is 0 Å². The number of hydrogen-bond donors (Lipinski definition) is 0. The number of hydrogen-bond acceptors (Lipinski definition) is 0. The average Bonchev–Trinajstić information content (AvgIpc) is 2.84. The van der Waals surface area contributed by atoms with E-state index in [1.165, 1.54) is 50.1 Å². The maximum atomic E-state index is 3.67. The maximum absolute atomic E-state index is 3.67. The second-order valence-corrected chi connectivity index (χ2v) is 12.6. The lowest BCUT2D eigenvalue weighted by atomic mass is 9.92. The smallest absolute Gasteiger partial charge is 0.0367 e. The van der Waals surface area contributed by atoms with E-state index in [0.717, 1.165) is 0 Å². The highest BCUT2D eigenvalue weighted by Gasteiger charge is 2.10. The average molecular weight is 627 g/mol. The van der Waals surface area contributed by atoms with Crippen molar-refractivity contribution in [2.75, 3.05) is 0 Å². The molecule has 0 aliphatic heterocycles. The molecule has 4 aromatic carbocycles. The van der Waals surface area contributed by atoms with Gasteiger partial charge in [-0.15, -0.1) is 0 Å². The number of benzene rings is 4. The third kappa shape index (κ3) is 5.88. The Kier molecular flexibility index (Phi) is 7.94. The largest absolute Gasteiger partial charge is 0.0842 e. The molecule has 0 saturated carbocycles. The SMILES string of the molecule is CC(Br)c1ccc(-c2cc(-c3ccc(C(C)Br)cc3)cc(-c3ccc(C(C)Br)cc3)c2)cc1. The summed E-state index contributed by atoms with van der Waals surface area (Å²) in [6, 6.07) is 33.5. The van der Waals surface area contributed by atoms with Crippen molar-refractivity contribution in [3.05, 3.63) is 108 Å². The van der Waals surface area contributed by atoms with Gasteiger partial charge in [0, 0.05) is 14.5 Å². The van der Waals surface area contributed by atoms with E-state index in [9.17, 15) is 0 Å². The molecule has 0 bridgehead atoms. The summed E-state index contributed by atoms with van der Waals surface area (Å²) >= 11 is 11.0. The van der Waals surface area contributed by atoms with Crippen LogP contribution in [0.1, 0.15) is 51.9 Å². The standard InChI is InChI=1S/C30H27Br3/c1-19(31)22-4-10-25(11-5-22)28-16-29(26-12-6-23(7-13-26)20(2)32)18-30(17-28)27-14-8-24(9-15-27)21(3)33/h4-21H,1-3H3. The highest BCUT2D eigenvalue weighted by Crippen LogP contribution is 2.35. The molecule has 0 heterocycles. The molecule has 3 atom stereocenters. The summed E-state index contributed by atoms with van der Waals surface area (Å²) < 4.78 is 0. The van der Waals surface area contributed by atoms with Gasteiger partial charge in [-0.3, -0.25) is 0 Å². The van der Waals surface area contributed by atoms with Crippen molar-refractivity contribution in [2.45, 2.75) is 35.3 Å². The Bertz CT molecular complexity index is 1030. The summed E-state index contributed by atoms with van der Waals surface area (Å²) in [6.07, 6.45) is 0. The first-order chi connectivity index (χ1) is 15.8. The number of halogens is 3. The van der Waals surface area contributed by atoms with Gasteiger partial charge >= 0.3 is 0 Å². The molecule has 33 heavy (non-hydrogen) atoms. The topological polar surface area (TPSA) is 0 Å². The van der Waals surface area contributed by atoms with E-state index in [1.54, 1.807) is 0 Å². The van der Waals surface area contributed by atoms with Crippen LogP contribution in [0.25, 0.3) is 33.4 Å². The fourth-order valence-corrected chi connectivity index (χ4v) is 4.87. The Labute approximate surface area is 222 Å². The molecule has 0 aromatic heterocycles. The summed E-state index contributed by atoms with van der Waals surface area (Å²) in [7, 11) is 0. The third-order valence-corrected chi connectivity index (χ3v) is 7.63. The lowest BCUT2D eigenvalue weighted by Crippen LogP contribution is -1.89. The van der Waals surface area contributed by atoms with Gasteiger partial charge in [0.05, 0.1) is 0 Å². The lowest BCUT2D eigenvalue weighted by molar-refractivity contribution is 1.12. The third-order valence-electron chi connectivity index (χ3n) is 6.04. The normalized spacial score (nSPS) is 14.0. The Morgan fingerprint density at radius 1 is 0.364 bits per heavy atom. The van der Waals surface area contributed by atoms with Crippen LogP contribution in [0.2, 0.25) is 0 Å². The van der Waals surface area contributed by atoms with Crippen LogP contribution in [0, 0.1) is 0 Å². The van der Waals surface area contributed by atoms with Crippen molar-refractivity contribution >= 4 is 47.8 Å². The predicted molar refractivity (Wildman–Crippen MR) is 155 cm³/mol. The molecular formula is C30H27Br3. The molecule has 0 aliphatic carbocycles.